The van der Waals surface area contributed by atoms with Crippen LogP contribution < -0.4 is 10.9 Å². The van der Waals surface area contributed by atoms with Crippen LogP contribution in [-0.2, 0) is 6.54 Å². The Bertz CT molecular complexity index is 1160. The molecule has 2 aliphatic heterocycles. The number of fused-ring (bicyclic) bond motifs is 4. The highest BCUT2D eigenvalue weighted by molar-refractivity contribution is 5.98. The van der Waals surface area contributed by atoms with Crippen LogP contribution in [0.25, 0.3) is 11.1 Å². The number of rotatable bonds is 3. The zero-order chi connectivity index (χ0) is 20.7. The summed E-state index contributed by atoms with van der Waals surface area (Å²) in [5.41, 5.74) is 3.42. The predicted octanol–water partition coefficient (Wildman–Crippen LogP) is 2.61. The molecule has 0 spiro atoms. The summed E-state index contributed by atoms with van der Waals surface area (Å²) in [6.07, 6.45) is 6.17. The Kier molecular flexibility index (Phi) is 4.58. The Hall–Kier alpha value is -3.48. The van der Waals surface area contributed by atoms with Crippen LogP contribution >= 0.6 is 0 Å². The van der Waals surface area contributed by atoms with E-state index in [1.165, 1.54) is 0 Å². The Balaban J connectivity index is 1.49. The van der Waals surface area contributed by atoms with Crippen LogP contribution in [0.15, 0.2) is 59.8 Å². The fourth-order valence-corrected chi connectivity index (χ4v) is 4.77. The minimum absolute atomic E-state index is 0.0126. The maximum atomic E-state index is 13.2. The zero-order valence-corrected chi connectivity index (χ0v) is 16.8. The molecule has 0 aliphatic carbocycles. The predicted molar refractivity (Wildman–Crippen MR) is 114 cm³/mol. The molecule has 1 fully saturated rings. The summed E-state index contributed by atoms with van der Waals surface area (Å²) in [5, 5.41) is 3.00. The first-order valence-corrected chi connectivity index (χ1v) is 10.2. The normalized spacial score (nSPS) is 19.8. The lowest BCUT2D eigenvalue weighted by molar-refractivity contribution is 0.0595. The van der Waals surface area contributed by atoms with Crippen molar-refractivity contribution in [3.05, 3.63) is 76.6 Å². The van der Waals surface area contributed by atoms with Gasteiger partial charge < -0.3 is 14.8 Å². The molecule has 1 saturated heterocycles. The van der Waals surface area contributed by atoms with E-state index < -0.39 is 0 Å². The second-order valence-corrected chi connectivity index (χ2v) is 8.02. The first-order valence-electron chi connectivity index (χ1n) is 10.2. The summed E-state index contributed by atoms with van der Waals surface area (Å²) in [4.78, 5) is 36.5. The lowest BCUT2D eigenvalue weighted by Gasteiger charge is -2.43. The van der Waals surface area contributed by atoms with Crippen LogP contribution in [0, 0.1) is 5.92 Å². The van der Waals surface area contributed by atoms with Gasteiger partial charge in [0.25, 0.3) is 11.5 Å². The van der Waals surface area contributed by atoms with E-state index in [1.807, 2.05) is 27.7 Å². The standard InChI is InChI=1S/C23H23N5O2/c1-24-22-19(5-3-7-26-22)23(30)27-12-15-8-18(14-27)20-9-17(10-21(29)28(20)13-15)16-4-2-6-25-11-16/h2-7,9-11,15,18H,8,12-14H2,1H3,(H,24,26)/t15-,18+/m0/s1. The van der Waals surface area contributed by atoms with E-state index in [4.69, 9.17) is 0 Å². The average Bonchev–Trinajstić information content (AvgIpc) is 2.79. The molecule has 5 rings (SSSR count). The first kappa shape index (κ1) is 18.5. The Labute approximate surface area is 174 Å². The highest BCUT2D eigenvalue weighted by atomic mass is 16.2. The zero-order valence-electron chi connectivity index (χ0n) is 16.8. The fourth-order valence-electron chi connectivity index (χ4n) is 4.77. The number of anilines is 1. The third-order valence-corrected chi connectivity index (χ3v) is 6.11. The molecule has 3 aromatic rings. The quantitative estimate of drug-likeness (QED) is 0.730. The number of nitrogens with one attached hydrogen (secondary N) is 1. The van der Waals surface area contributed by atoms with E-state index in [9.17, 15) is 9.59 Å². The van der Waals surface area contributed by atoms with Gasteiger partial charge in [-0.1, -0.05) is 6.07 Å². The third-order valence-electron chi connectivity index (χ3n) is 6.11. The van der Waals surface area contributed by atoms with Crippen LogP contribution in [0.1, 0.15) is 28.4 Å². The van der Waals surface area contributed by atoms with E-state index in [0.29, 0.717) is 31.0 Å². The van der Waals surface area contributed by atoms with Gasteiger partial charge in [0, 0.05) is 68.5 Å². The molecule has 0 unspecified atom stereocenters. The number of nitrogens with zero attached hydrogens (tertiary/aromatic N) is 4. The van der Waals surface area contributed by atoms with Crippen molar-refractivity contribution in [2.45, 2.75) is 18.9 Å². The minimum atomic E-state index is -0.0126. The molecule has 1 N–H and O–H groups in total. The van der Waals surface area contributed by atoms with Crippen molar-refractivity contribution in [1.29, 1.82) is 0 Å². The van der Waals surface area contributed by atoms with Gasteiger partial charge in [0.2, 0.25) is 0 Å². The number of hydrogen-bond donors (Lipinski definition) is 1. The largest absolute Gasteiger partial charge is 0.372 e. The molecule has 0 radical (unpaired) electrons. The summed E-state index contributed by atoms with van der Waals surface area (Å²) < 4.78 is 1.89. The molecule has 5 heterocycles. The highest BCUT2D eigenvalue weighted by Crippen LogP contribution is 2.37. The van der Waals surface area contributed by atoms with Crippen molar-refractivity contribution in [1.82, 2.24) is 19.4 Å². The minimum Gasteiger partial charge on any atom is -0.372 e. The molecule has 3 aromatic heterocycles. The second-order valence-electron chi connectivity index (χ2n) is 8.02. The third kappa shape index (κ3) is 3.16. The first-order chi connectivity index (χ1) is 14.6. The Morgan fingerprint density at radius 3 is 2.77 bits per heavy atom. The van der Waals surface area contributed by atoms with E-state index in [0.717, 1.165) is 23.2 Å². The molecule has 2 atom stereocenters. The lowest BCUT2D eigenvalue weighted by Crippen LogP contribution is -2.49. The van der Waals surface area contributed by atoms with E-state index in [1.54, 1.807) is 37.8 Å². The molecule has 30 heavy (non-hydrogen) atoms. The average molecular weight is 401 g/mol. The van der Waals surface area contributed by atoms with Gasteiger partial charge >= 0.3 is 0 Å². The molecule has 7 heteroatoms. The summed E-state index contributed by atoms with van der Waals surface area (Å²) in [5.74, 6) is 0.993. The van der Waals surface area contributed by atoms with Gasteiger partial charge in [0.15, 0.2) is 0 Å². The van der Waals surface area contributed by atoms with Crippen LogP contribution in [0.2, 0.25) is 0 Å². The number of amides is 1. The van der Waals surface area contributed by atoms with Gasteiger partial charge in [-0.25, -0.2) is 4.98 Å². The smallest absolute Gasteiger partial charge is 0.257 e. The molecule has 1 amide bonds. The van der Waals surface area contributed by atoms with Crippen molar-refractivity contribution < 1.29 is 4.79 Å². The molecule has 0 saturated carbocycles. The lowest BCUT2D eigenvalue weighted by atomic mass is 9.82. The van der Waals surface area contributed by atoms with Crippen molar-refractivity contribution in [3.63, 3.8) is 0 Å². The molecular weight excluding hydrogens is 378 g/mol. The molecule has 7 nitrogen and oxygen atoms in total. The topological polar surface area (TPSA) is 80.1 Å². The molecule has 2 bridgehead atoms. The van der Waals surface area contributed by atoms with E-state index in [2.05, 4.69) is 21.4 Å². The molecule has 152 valence electrons. The molecule has 2 aliphatic rings. The maximum absolute atomic E-state index is 13.2. The van der Waals surface area contributed by atoms with E-state index >= 15 is 0 Å². The van der Waals surface area contributed by atoms with Crippen molar-refractivity contribution in [2.24, 2.45) is 5.92 Å². The number of carbonyl (C=O) groups is 1. The van der Waals surface area contributed by atoms with Gasteiger partial charge in [0.1, 0.15) is 5.82 Å². The van der Waals surface area contributed by atoms with Crippen LogP contribution in [0.5, 0.6) is 0 Å². The van der Waals surface area contributed by atoms with E-state index in [-0.39, 0.29) is 23.3 Å². The van der Waals surface area contributed by atoms with Crippen LogP contribution in [0.4, 0.5) is 5.82 Å². The number of likely N-dealkylation sites (tertiary alicyclic amines) is 1. The van der Waals surface area contributed by atoms with Gasteiger partial charge in [-0.05, 0) is 42.2 Å². The summed E-state index contributed by atoms with van der Waals surface area (Å²) in [6, 6.07) is 11.2. The molecular formula is C23H23N5O2. The van der Waals surface area contributed by atoms with Crippen LogP contribution in [-0.4, -0.2) is 45.5 Å². The number of pyridine rings is 3. The Morgan fingerprint density at radius 1 is 1.10 bits per heavy atom. The van der Waals surface area contributed by atoms with Gasteiger partial charge in [-0.3, -0.25) is 14.6 Å². The van der Waals surface area contributed by atoms with Crippen molar-refractivity contribution in [2.75, 3.05) is 25.5 Å². The highest BCUT2D eigenvalue weighted by Gasteiger charge is 2.37. The monoisotopic (exact) mass is 401 g/mol. The summed E-state index contributed by atoms with van der Waals surface area (Å²) in [7, 11) is 1.77. The number of hydrogen-bond acceptors (Lipinski definition) is 5. The van der Waals surface area contributed by atoms with Crippen LogP contribution in [0.3, 0.4) is 0 Å². The SMILES string of the molecule is CNc1ncccc1C(=O)N1C[C@@H]2C[C@H](C1)c1cc(-c3cccnc3)cc(=O)n1C2. The maximum Gasteiger partial charge on any atom is 0.257 e. The summed E-state index contributed by atoms with van der Waals surface area (Å²) >= 11 is 0. The Morgan fingerprint density at radius 2 is 1.97 bits per heavy atom. The van der Waals surface area contributed by atoms with Gasteiger partial charge in [-0.2, -0.15) is 0 Å². The number of piperidine rings is 1. The molecule has 0 aromatic carbocycles. The number of carbonyl (C=O) groups excluding carboxylic acids is 1. The van der Waals surface area contributed by atoms with Crippen molar-refractivity contribution in [3.8, 4) is 11.1 Å². The number of aromatic nitrogens is 3. The van der Waals surface area contributed by atoms with Crippen molar-refractivity contribution >= 4 is 11.7 Å². The van der Waals surface area contributed by atoms with Gasteiger partial charge in [0.05, 0.1) is 5.56 Å². The fraction of sp³-hybridized carbons (Fsp3) is 0.304. The van der Waals surface area contributed by atoms with Gasteiger partial charge in [-0.15, -0.1) is 0 Å². The summed E-state index contributed by atoms with van der Waals surface area (Å²) in [6.45, 7) is 1.90. The second kappa shape index (κ2) is 7.40.